The van der Waals surface area contributed by atoms with E-state index in [4.69, 9.17) is 4.74 Å². The molecule has 1 aliphatic carbocycles. The highest BCUT2D eigenvalue weighted by Gasteiger charge is 2.47. The van der Waals surface area contributed by atoms with Crippen LogP contribution in [0.15, 0.2) is 18.2 Å². The first-order valence-corrected chi connectivity index (χ1v) is 9.86. The maximum atomic E-state index is 13.1. The second kappa shape index (κ2) is 7.00. The average Bonchev–Trinajstić information content (AvgIpc) is 3.08. The van der Waals surface area contributed by atoms with Crippen LogP contribution in [0.2, 0.25) is 0 Å². The zero-order valence-electron chi connectivity index (χ0n) is 16.3. The molecular formula is C21H25NO4S. The Morgan fingerprint density at radius 1 is 1.15 bits per heavy atom. The summed E-state index contributed by atoms with van der Waals surface area (Å²) < 4.78 is 5.83. The van der Waals surface area contributed by atoms with Crippen molar-refractivity contribution in [1.29, 1.82) is 0 Å². The molecule has 0 bridgehead atoms. The summed E-state index contributed by atoms with van der Waals surface area (Å²) in [5.74, 6) is -0.916. The Bertz CT molecular complexity index is 887. The number of carbonyl (C=O) groups excluding carboxylic acids is 1. The number of nitrogens with one attached hydrogen (secondary N) is 1. The Labute approximate surface area is 163 Å². The number of carboxylic acid groups (broad SMARTS) is 1. The maximum absolute atomic E-state index is 13.1. The van der Waals surface area contributed by atoms with E-state index in [-0.39, 0.29) is 6.10 Å². The number of amides is 1. The van der Waals surface area contributed by atoms with Crippen molar-refractivity contribution in [2.45, 2.75) is 59.1 Å². The van der Waals surface area contributed by atoms with Gasteiger partial charge in [0.05, 0.1) is 11.7 Å². The van der Waals surface area contributed by atoms with Crippen molar-refractivity contribution in [3.8, 4) is 5.75 Å². The third kappa shape index (κ3) is 3.46. The fourth-order valence-corrected chi connectivity index (χ4v) is 4.80. The van der Waals surface area contributed by atoms with Crippen LogP contribution in [0.4, 0.5) is 0 Å². The highest BCUT2D eigenvalue weighted by Crippen LogP contribution is 2.39. The number of carbonyl (C=O) groups is 2. The molecular weight excluding hydrogens is 362 g/mol. The lowest BCUT2D eigenvalue weighted by molar-refractivity contribution is -0.144. The minimum atomic E-state index is -1.32. The first-order chi connectivity index (χ1) is 12.6. The van der Waals surface area contributed by atoms with Crippen molar-refractivity contribution >= 4 is 23.2 Å². The van der Waals surface area contributed by atoms with Gasteiger partial charge in [0.1, 0.15) is 11.3 Å². The summed E-state index contributed by atoms with van der Waals surface area (Å²) in [6.45, 7) is 9.68. The van der Waals surface area contributed by atoms with Crippen LogP contribution in [0, 0.1) is 20.8 Å². The number of thiophene rings is 1. The largest absolute Gasteiger partial charge is 0.490 e. The van der Waals surface area contributed by atoms with Crippen molar-refractivity contribution in [3.05, 3.63) is 50.2 Å². The molecule has 0 saturated heterocycles. The second-order valence-corrected chi connectivity index (χ2v) is 8.91. The Morgan fingerprint density at radius 2 is 1.74 bits per heavy atom. The molecule has 3 rings (SSSR count). The molecule has 144 valence electrons. The lowest BCUT2D eigenvalue weighted by Gasteiger charge is -2.27. The molecule has 1 amide bonds. The summed E-state index contributed by atoms with van der Waals surface area (Å²) in [7, 11) is 0. The van der Waals surface area contributed by atoms with Gasteiger partial charge in [0, 0.05) is 22.6 Å². The number of hydrogen-bond acceptors (Lipinski definition) is 4. The molecule has 1 aliphatic rings. The lowest BCUT2D eigenvalue weighted by atomic mass is 9.94. The topological polar surface area (TPSA) is 75.6 Å². The second-order valence-electron chi connectivity index (χ2n) is 7.48. The third-order valence-electron chi connectivity index (χ3n) is 5.05. The number of rotatable bonds is 5. The molecule has 0 atom stereocenters. The predicted molar refractivity (Wildman–Crippen MR) is 106 cm³/mol. The summed E-state index contributed by atoms with van der Waals surface area (Å²) in [5.41, 5.74) is 2.01. The van der Waals surface area contributed by atoms with E-state index in [2.05, 4.69) is 5.32 Å². The van der Waals surface area contributed by atoms with Crippen LogP contribution in [0.3, 0.4) is 0 Å². The molecule has 1 aromatic carbocycles. The molecule has 2 N–H and O–H groups in total. The van der Waals surface area contributed by atoms with Crippen LogP contribution in [-0.4, -0.2) is 28.6 Å². The number of aliphatic carboxylic acids is 1. The minimum absolute atomic E-state index is 0.0884. The minimum Gasteiger partial charge on any atom is -0.490 e. The van der Waals surface area contributed by atoms with E-state index in [1.54, 1.807) is 23.5 Å². The monoisotopic (exact) mass is 387 g/mol. The number of benzene rings is 1. The molecule has 5 nitrogen and oxygen atoms in total. The number of fused-ring (bicyclic) bond motifs is 1. The Balaban J connectivity index is 1.94. The summed E-state index contributed by atoms with van der Waals surface area (Å²) >= 11 is 1.68. The summed E-state index contributed by atoms with van der Waals surface area (Å²) in [6.07, 6.45) is 0.534. The number of para-hydroxylation sites is 1. The molecule has 1 aromatic heterocycles. The van der Waals surface area contributed by atoms with Crippen LogP contribution < -0.4 is 10.1 Å². The van der Waals surface area contributed by atoms with Crippen molar-refractivity contribution < 1.29 is 19.4 Å². The van der Waals surface area contributed by atoms with E-state index in [1.807, 2.05) is 40.7 Å². The molecule has 0 fully saturated rings. The van der Waals surface area contributed by atoms with Crippen molar-refractivity contribution in [3.63, 3.8) is 0 Å². The van der Waals surface area contributed by atoms with E-state index in [9.17, 15) is 14.7 Å². The number of hydrogen-bond donors (Lipinski definition) is 2. The molecule has 2 aromatic rings. The number of ether oxygens (including phenoxy) is 1. The van der Waals surface area contributed by atoms with Gasteiger partial charge in [-0.2, -0.15) is 0 Å². The zero-order valence-corrected chi connectivity index (χ0v) is 17.1. The van der Waals surface area contributed by atoms with Crippen LogP contribution in [0.25, 0.3) is 0 Å². The first-order valence-electron chi connectivity index (χ1n) is 9.04. The normalized spacial score (nSPS) is 14.9. The van der Waals surface area contributed by atoms with Gasteiger partial charge in [0.25, 0.3) is 5.91 Å². The quantitative estimate of drug-likeness (QED) is 0.818. The molecule has 1 heterocycles. The maximum Gasteiger partial charge on any atom is 0.330 e. The zero-order chi connectivity index (χ0) is 19.9. The molecule has 0 radical (unpaired) electrons. The van der Waals surface area contributed by atoms with Gasteiger partial charge in [-0.1, -0.05) is 12.1 Å². The lowest BCUT2D eigenvalue weighted by Crippen LogP contribution is -2.55. The standard InChI is InChI=1S/C21H25NO4S/c1-11(2)26-18-12(3)7-6-8-15(18)19(23)22-21(20(24)25)9-16-13(4)27-14(5)17(16)10-21/h6-8,11H,9-10H2,1-5H3,(H,22,23)(H,24,25). The van der Waals surface area contributed by atoms with Gasteiger partial charge in [-0.15, -0.1) is 11.3 Å². The van der Waals surface area contributed by atoms with Gasteiger partial charge < -0.3 is 15.2 Å². The van der Waals surface area contributed by atoms with Gasteiger partial charge >= 0.3 is 5.97 Å². The molecule has 0 saturated carbocycles. The van der Waals surface area contributed by atoms with E-state index >= 15 is 0 Å². The average molecular weight is 388 g/mol. The van der Waals surface area contributed by atoms with Crippen LogP contribution in [-0.2, 0) is 17.6 Å². The van der Waals surface area contributed by atoms with Crippen LogP contribution >= 0.6 is 11.3 Å². The highest BCUT2D eigenvalue weighted by molar-refractivity contribution is 7.12. The molecule has 0 aliphatic heterocycles. The summed E-state index contributed by atoms with van der Waals surface area (Å²) in [6, 6.07) is 5.33. The summed E-state index contributed by atoms with van der Waals surface area (Å²) in [4.78, 5) is 27.5. The Kier molecular flexibility index (Phi) is 5.04. The predicted octanol–water partition coefficient (Wildman–Crippen LogP) is 3.81. The van der Waals surface area contributed by atoms with Crippen molar-refractivity contribution in [1.82, 2.24) is 5.32 Å². The van der Waals surface area contributed by atoms with Crippen molar-refractivity contribution in [2.75, 3.05) is 0 Å². The number of aryl methyl sites for hydroxylation is 3. The Morgan fingerprint density at radius 3 is 2.26 bits per heavy atom. The highest BCUT2D eigenvalue weighted by atomic mass is 32.1. The molecule has 0 spiro atoms. The van der Waals surface area contributed by atoms with E-state index in [0.717, 1.165) is 26.4 Å². The van der Waals surface area contributed by atoms with Gasteiger partial charge in [-0.05, 0) is 57.4 Å². The smallest absolute Gasteiger partial charge is 0.330 e. The summed E-state index contributed by atoms with van der Waals surface area (Å²) in [5, 5.41) is 12.8. The third-order valence-corrected chi connectivity index (χ3v) is 6.15. The van der Waals surface area contributed by atoms with E-state index in [0.29, 0.717) is 24.2 Å². The van der Waals surface area contributed by atoms with Crippen LogP contribution in [0.1, 0.15) is 50.7 Å². The Hall–Kier alpha value is -2.34. The van der Waals surface area contributed by atoms with Gasteiger partial charge in [0.2, 0.25) is 0 Å². The van der Waals surface area contributed by atoms with Gasteiger partial charge in [0.15, 0.2) is 0 Å². The fourth-order valence-electron chi connectivity index (χ4n) is 3.71. The van der Waals surface area contributed by atoms with Gasteiger partial charge in [-0.25, -0.2) is 4.79 Å². The fraction of sp³-hybridized carbons (Fsp3) is 0.429. The first kappa shape index (κ1) is 19.4. The SMILES string of the molecule is Cc1cccc(C(=O)NC2(C(=O)O)Cc3c(C)sc(C)c3C2)c1OC(C)C. The number of carboxylic acids is 1. The molecule has 27 heavy (non-hydrogen) atoms. The van der Waals surface area contributed by atoms with Crippen molar-refractivity contribution in [2.24, 2.45) is 0 Å². The molecule has 0 unspecified atom stereocenters. The van der Waals surface area contributed by atoms with Gasteiger partial charge in [-0.3, -0.25) is 4.79 Å². The molecule has 6 heteroatoms. The van der Waals surface area contributed by atoms with Crippen LogP contribution in [0.5, 0.6) is 5.75 Å². The van der Waals surface area contributed by atoms with E-state index in [1.165, 1.54) is 0 Å². The van der Waals surface area contributed by atoms with E-state index < -0.39 is 17.4 Å².